The molecule has 5 fully saturated rings. The third-order valence-corrected chi connectivity index (χ3v) is 21.1. The molecule has 2 aromatic rings. The highest BCUT2D eigenvalue weighted by atomic mass is 19.4. The zero-order chi connectivity index (χ0) is 63.8. The van der Waals surface area contributed by atoms with E-state index < -0.39 is 88.7 Å². The maximum atomic E-state index is 14.3. The number of benzene rings is 2. The number of hydrogen-bond donors (Lipinski definition) is 3. The molecular formula is C66H94F7N5O9. The van der Waals surface area contributed by atoms with E-state index in [0.29, 0.717) is 40.5 Å². The van der Waals surface area contributed by atoms with Gasteiger partial charge in [0.2, 0.25) is 29.5 Å². The van der Waals surface area contributed by atoms with E-state index in [1.54, 1.807) is 6.92 Å². The van der Waals surface area contributed by atoms with Crippen LogP contribution in [0.4, 0.5) is 30.7 Å². The van der Waals surface area contributed by atoms with Gasteiger partial charge in [-0.1, -0.05) is 59.9 Å². The third-order valence-electron chi connectivity index (χ3n) is 21.1. The molecule has 14 nitrogen and oxygen atoms in total. The van der Waals surface area contributed by atoms with Crippen molar-refractivity contribution in [1.29, 1.82) is 0 Å². The molecule has 5 aliphatic rings. The van der Waals surface area contributed by atoms with Crippen LogP contribution in [0.2, 0.25) is 0 Å². The fraction of sp³-hybridized carbons (Fsp3) is 0.727. The van der Waals surface area contributed by atoms with E-state index in [-0.39, 0.29) is 101 Å². The van der Waals surface area contributed by atoms with Gasteiger partial charge in [0.1, 0.15) is 18.0 Å². The molecule has 0 radical (unpaired) electrons. The molecule has 1 aliphatic heterocycles. The summed E-state index contributed by atoms with van der Waals surface area (Å²) in [7, 11) is 1.29. The number of primary amides is 1. The summed E-state index contributed by atoms with van der Waals surface area (Å²) < 4.78 is 114. The maximum Gasteiger partial charge on any atom is 0.416 e. The lowest BCUT2D eigenvalue weighted by Crippen LogP contribution is -2.54. The molecule has 7 rings (SSSR count). The number of halogens is 7. The van der Waals surface area contributed by atoms with Gasteiger partial charge in [0.05, 0.1) is 50.0 Å². The first-order chi connectivity index (χ1) is 40.9. The van der Waals surface area contributed by atoms with E-state index in [4.69, 9.17) is 19.9 Å². The van der Waals surface area contributed by atoms with Gasteiger partial charge >= 0.3 is 18.3 Å². The number of nitrogens with one attached hydrogen (secondary N) is 2. The Morgan fingerprint density at radius 3 is 2.09 bits per heavy atom. The Kier molecular flexibility index (Phi) is 23.5. The fourth-order valence-corrected chi connectivity index (χ4v) is 16.2. The molecule has 21 heteroatoms. The van der Waals surface area contributed by atoms with Gasteiger partial charge in [0.15, 0.2) is 0 Å². The number of ether oxygens (including phenoxy) is 3. The molecule has 1 heterocycles. The van der Waals surface area contributed by atoms with Crippen LogP contribution in [0.15, 0.2) is 36.4 Å². The first kappa shape index (κ1) is 69.2. The molecule has 0 spiro atoms. The Morgan fingerprint density at radius 1 is 0.770 bits per heavy atom. The van der Waals surface area contributed by atoms with Gasteiger partial charge in [-0.15, -0.1) is 0 Å². The van der Waals surface area contributed by atoms with Crippen molar-refractivity contribution in [2.45, 2.75) is 194 Å². The van der Waals surface area contributed by atoms with Crippen molar-refractivity contribution in [3.63, 3.8) is 0 Å². The summed E-state index contributed by atoms with van der Waals surface area (Å²) in [6.07, 6.45) is 3.06. The lowest BCUT2D eigenvalue weighted by molar-refractivity contribution is -0.164. The van der Waals surface area contributed by atoms with Crippen LogP contribution in [0, 0.1) is 70.9 Å². The Hall–Kier alpha value is -5.31. The second-order valence-corrected chi connectivity index (χ2v) is 26.9. The van der Waals surface area contributed by atoms with Gasteiger partial charge in [-0.3, -0.25) is 28.8 Å². The van der Waals surface area contributed by atoms with Crippen LogP contribution in [0.5, 0.6) is 0 Å². The van der Waals surface area contributed by atoms with Crippen molar-refractivity contribution < 1.29 is 73.7 Å². The number of nitrogens with two attached hydrogens (primary N) is 1. The molecule has 486 valence electrons. The zero-order valence-corrected chi connectivity index (χ0v) is 52.2. The summed E-state index contributed by atoms with van der Waals surface area (Å²) in [5.74, 6) is -0.480. The fourth-order valence-electron chi connectivity index (χ4n) is 16.2. The Labute approximate surface area is 509 Å². The van der Waals surface area contributed by atoms with Crippen LogP contribution < -0.4 is 16.4 Å². The number of likely N-dealkylation sites (tertiary alicyclic amines) is 1. The van der Waals surface area contributed by atoms with Crippen LogP contribution in [0.25, 0.3) is 0 Å². The van der Waals surface area contributed by atoms with Crippen LogP contribution in [0.3, 0.4) is 0 Å². The summed E-state index contributed by atoms with van der Waals surface area (Å²) >= 11 is 0. The van der Waals surface area contributed by atoms with E-state index in [9.17, 15) is 59.5 Å². The highest BCUT2D eigenvalue weighted by molar-refractivity contribution is 5.90. The number of alkyl halides is 6. The molecule has 5 amide bonds. The van der Waals surface area contributed by atoms with Crippen molar-refractivity contribution in [3.8, 4) is 0 Å². The second kappa shape index (κ2) is 29.5. The van der Waals surface area contributed by atoms with Crippen molar-refractivity contribution in [2.24, 2.45) is 63.9 Å². The van der Waals surface area contributed by atoms with Gasteiger partial charge < -0.3 is 40.4 Å². The summed E-state index contributed by atoms with van der Waals surface area (Å²) in [6, 6.07) is 2.66. The summed E-state index contributed by atoms with van der Waals surface area (Å²) in [5.41, 5.74) is 3.87. The first-order valence-corrected chi connectivity index (χ1v) is 31.7. The molecule has 13 atom stereocenters. The van der Waals surface area contributed by atoms with Gasteiger partial charge in [-0.2, -0.15) is 26.3 Å². The van der Waals surface area contributed by atoms with Crippen molar-refractivity contribution in [1.82, 2.24) is 20.4 Å². The molecule has 0 bridgehead atoms. The lowest BCUT2D eigenvalue weighted by atomic mass is 9.44. The zero-order valence-electron chi connectivity index (χ0n) is 52.2. The Bertz CT molecular complexity index is 2690. The topological polar surface area (TPSA) is 187 Å². The normalized spacial score (nSPS) is 27.5. The number of nitrogens with zero attached hydrogens (tertiary/aromatic N) is 2. The summed E-state index contributed by atoms with van der Waals surface area (Å²) in [4.78, 5) is 81.5. The van der Waals surface area contributed by atoms with Gasteiger partial charge in [-0.25, -0.2) is 4.39 Å². The average Bonchev–Trinajstić information content (AvgIpc) is 1.72. The number of hydrogen-bond acceptors (Lipinski definition) is 9. The minimum Gasteiger partial charge on any atom is -0.462 e. The van der Waals surface area contributed by atoms with Gasteiger partial charge in [0, 0.05) is 57.8 Å². The predicted molar refractivity (Wildman–Crippen MR) is 313 cm³/mol. The number of aryl methyl sites for hydroxylation is 1. The monoisotopic (exact) mass is 1230 g/mol. The van der Waals surface area contributed by atoms with E-state index in [1.807, 2.05) is 0 Å². The van der Waals surface area contributed by atoms with E-state index >= 15 is 0 Å². The Balaban J connectivity index is 0.769. The van der Waals surface area contributed by atoms with Gasteiger partial charge in [-0.05, 0) is 177 Å². The Morgan fingerprint density at radius 2 is 1.44 bits per heavy atom. The van der Waals surface area contributed by atoms with Crippen molar-refractivity contribution >= 4 is 35.5 Å². The van der Waals surface area contributed by atoms with E-state index in [0.717, 1.165) is 60.2 Å². The molecule has 2 aromatic carbocycles. The molecule has 0 unspecified atom stereocenters. The number of carbonyl (C=O) groups excluding carboxylic acids is 6. The SMILES string of the molecule is Cc1cc(F)ccc1[C@H]1CN(C(=O)CCC(=O)NCCOCCOCCC(=O)N[C@@H](CC(=O)O[C@H]2CC[C@@]3(C)[C@@H](CC[C@@H]4[C@@H]3CC[C@]3(C)[C@@H]([C@H](C)CCCC(C)C)CC[C@@H]43)C2)C(N)=O)CC[C@@H]1C(=O)N(C)[C@@H](C)c1cc(C(F)(F)F)cc(C(F)(F)F)c1. The van der Waals surface area contributed by atoms with Crippen LogP contribution in [0.1, 0.15) is 190 Å². The van der Waals surface area contributed by atoms with E-state index in [1.165, 1.54) is 88.4 Å². The lowest BCUT2D eigenvalue weighted by Gasteiger charge is -2.61. The summed E-state index contributed by atoms with van der Waals surface area (Å²) in [5, 5.41) is 5.23. The van der Waals surface area contributed by atoms with Crippen molar-refractivity contribution in [3.05, 3.63) is 70.0 Å². The molecule has 87 heavy (non-hydrogen) atoms. The molecule has 4 saturated carbocycles. The predicted octanol–water partition coefficient (Wildman–Crippen LogP) is 12.0. The molecule has 4 aliphatic carbocycles. The summed E-state index contributed by atoms with van der Waals surface area (Å²) in [6.45, 7) is 15.7. The molecular weight excluding hydrogens is 1140 g/mol. The number of fused-ring (bicyclic) bond motifs is 5. The van der Waals surface area contributed by atoms with Gasteiger partial charge in [0.25, 0.3) is 0 Å². The number of carbonyl (C=O) groups is 6. The highest BCUT2D eigenvalue weighted by Gasteiger charge is 2.61. The second-order valence-electron chi connectivity index (χ2n) is 26.9. The first-order valence-electron chi connectivity index (χ1n) is 31.7. The van der Waals surface area contributed by atoms with Crippen LogP contribution >= 0.6 is 0 Å². The largest absolute Gasteiger partial charge is 0.462 e. The number of amides is 5. The standard InChI is InChI=1S/C66H94F7N5O9/c1-39(2)10-9-11-40(3)53-16-17-54-51-14-12-44-36-48(20-24-63(44,6)55(51)21-25-64(53,54)7)87-60(82)37-56(61(74)83)76-58(80)23-28-85-30-31-86-29-26-75-57(79)18-19-59(81)78-27-22-50(52(38-78)49-15-13-47(67)32-41(49)4)62(84)77(8)42(5)43-33-45(65(68,69)70)35-46(34-43)66(71,72)73/h13,15,32-35,39-40,42,44,48,50-56H,9-12,14,16-31,36-38H2,1-8H3,(H2,74,83)(H,75,79)(H,76,80)/t40-,42+,44+,48+,50+,51+,52-,53-,54+,55+,56+,63+,64-/m1/s1. The smallest absolute Gasteiger partial charge is 0.416 e. The number of esters is 1. The highest BCUT2D eigenvalue weighted by Crippen LogP contribution is 2.68. The van der Waals surface area contributed by atoms with Crippen molar-refractivity contribution in [2.75, 3.05) is 53.1 Å². The van der Waals surface area contributed by atoms with Crippen LogP contribution in [-0.2, 0) is 55.3 Å². The third kappa shape index (κ3) is 17.4. The molecule has 0 aromatic heterocycles. The van der Waals surface area contributed by atoms with Crippen LogP contribution in [-0.4, -0.2) is 111 Å². The minimum atomic E-state index is -5.09. The van der Waals surface area contributed by atoms with E-state index in [2.05, 4.69) is 45.3 Å². The quantitative estimate of drug-likeness (QED) is 0.0468. The number of piperidine rings is 1. The molecule has 1 saturated heterocycles. The number of rotatable bonds is 26. The maximum absolute atomic E-state index is 14.3. The average molecular weight is 1230 g/mol. The minimum absolute atomic E-state index is 0.00899. The molecule has 4 N–H and O–H groups in total.